The van der Waals surface area contributed by atoms with Crippen LogP contribution >= 0.6 is 15.9 Å². The third-order valence-electron chi connectivity index (χ3n) is 1.60. The Labute approximate surface area is 93.3 Å². The van der Waals surface area contributed by atoms with Crippen molar-refractivity contribution in [2.24, 2.45) is 0 Å². The normalized spacial score (nSPS) is 10.6. The molecule has 1 N–H and O–H groups in total. The van der Waals surface area contributed by atoms with Gasteiger partial charge in [-0.2, -0.15) is 0 Å². The van der Waals surface area contributed by atoms with Crippen LogP contribution in [0.4, 0.5) is 0 Å². The van der Waals surface area contributed by atoms with Crippen molar-refractivity contribution in [2.75, 3.05) is 0 Å². The third-order valence-corrected chi connectivity index (χ3v) is 2.13. The molecule has 1 rings (SSSR count). The largest absolute Gasteiger partial charge is 0.389 e. The summed E-state index contributed by atoms with van der Waals surface area (Å²) in [6.45, 7) is 3.51. The summed E-state index contributed by atoms with van der Waals surface area (Å²) in [7, 11) is 0. The summed E-state index contributed by atoms with van der Waals surface area (Å²) in [5.74, 6) is 5.94. The van der Waals surface area contributed by atoms with Gasteiger partial charge in [0.15, 0.2) is 0 Å². The second kappa shape index (κ2) is 4.63. The maximum atomic E-state index is 9.43. The fraction of sp³-hybridized carbons (Fsp3) is 0.333. The zero-order chi connectivity index (χ0) is 10.6. The van der Waals surface area contributed by atoms with Gasteiger partial charge >= 0.3 is 0 Å². The molecule has 0 aliphatic carbocycles. The van der Waals surface area contributed by atoms with Gasteiger partial charge in [0.2, 0.25) is 0 Å². The SMILES string of the molecule is CC(C)(O)CC#Cc1ccc(Br)cc1. The quantitative estimate of drug-likeness (QED) is 0.763. The van der Waals surface area contributed by atoms with E-state index < -0.39 is 5.60 Å². The number of benzene rings is 1. The highest BCUT2D eigenvalue weighted by Gasteiger charge is 2.08. The molecule has 0 aliphatic heterocycles. The number of hydrogen-bond donors (Lipinski definition) is 1. The zero-order valence-corrected chi connectivity index (χ0v) is 9.93. The summed E-state index contributed by atoms with van der Waals surface area (Å²) >= 11 is 3.36. The van der Waals surface area contributed by atoms with Gasteiger partial charge in [0.1, 0.15) is 0 Å². The Bertz CT molecular complexity index is 349. The number of halogens is 1. The van der Waals surface area contributed by atoms with Crippen molar-refractivity contribution >= 4 is 15.9 Å². The average Bonchev–Trinajstić information content (AvgIpc) is 2.06. The molecule has 0 amide bonds. The Morgan fingerprint density at radius 1 is 1.29 bits per heavy atom. The third kappa shape index (κ3) is 4.45. The molecule has 1 aromatic carbocycles. The fourth-order valence-corrected chi connectivity index (χ4v) is 1.16. The molecule has 0 radical (unpaired) electrons. The van der Waals surface area contributed by atoms with Gasteiger partial charge in [-0.05, 0) is 38.1 Å². The van der Waals surface area contributed by atoms with Crippen LogP contribution in [-0.2, 0) is 0 Å². The van der Waals surface area contributed by atoms with Crippen LogP contribution in [0.15, 0.2) is 28.7 Å². The van der Waals surface area contributed by atoms with Crippen LogP contribution in [0.3, 0.4) is 0 Å². The molecule has 0 aliphatic rings. The second-order valence-corrected chi connectivity index (χ2v) is 4.71. The molecule has 0 heterocycles. The second-order valence-electron chi connectivity index (χ2n) is 3.80. The fourth-order valence-electron chi connectivity index (χ4n) is 0.896. The van der Waals surface area contributed by atoms with Gasteiger partial charge in [-0.25, -0.2) is 0 Å². The summed E-state index contributed by atoms with van der Waals surface area (Å²) in [6.07, 6.45) is 0.489. The van der Waals surface area contributed by atoms with E-state index in [1.54, 1.807) is 13.8 Å². The van der Waals surface area contributed by atoms with E-state index in [-0.39, 0.29) is 0 Å². The van der Waals surface area contributed by atoms with Crippen LogP contribution in [0.2, 0.25) is 0 Å². The predicted molar refractivity (Wildman–Crippen MR) is 61.9 cm³/mol. The Hall–Kier alpha value is -0.780. The highest BCUT2D eigenvalue weighted by Crippen LogP contribution is 2.10. The molecule has 0 unspecified atom stereocenters. The first kappa shape index (κ1) is 11.3. The zero-order valence-electron chi connectivity index (χ0n) is 8.34. The van der Waals surface area contributed by atoms with Crippen molar-refractivity contribution in [1.82, 2.24) is 0 Å². The molecule has 74 valence electrons. The van der Waals surface area contributed by atoms with Crippen molar-refractivity contribution < 1.29 is 5.11 Å². The van der Waals surface area contributed by atoms with Gasteiger partial charge in [-0.3, -0.25) is 0 Å². The standard InChI is InChI=1S/C12H13BrO/c1-12(2,14)9-3-4-10-5-7-11(13)8-6-10/h5-8,14H,9H2,1-2H3. The van der Waals surface area contributed by atoms with E-state index in [1.807, 2.05) is 24.3 Å². The topological polar surface area (TPSA) is 20.2 Å². The molecule has 0 atom stereocenters. The van der Waals surface area contributed by atoms with Gasteiger partial charge < -0.3 is 5.11 Å². The van der Waals surface area contributed by atoms with Crippen LogP contribution in [0.25, 0.3) is 0 Å². The molecule has 1 nitrogen and oxygen atoms in total. The van der Waals surface area contributed by atoms with Crippen LogP contribution in [0, 0.1) is 11.8 Å². The molecular formula is C12H13BrO. The number of aliphatic hydroxyl groups is 1. The minimum atomic E-state index is -0.706. The molecule has 0 saturated carbocycles. The first-order chi connectivity index (χ1) is 6.47. The maximum Gasteiger partial charge on any atom is 0.0700 e. The van der Waals surface area contributed by atoms with Crippen LogP contribution < -0.4 is 0 Å². The molecule has 2 heteroatoms. The summed E-state index contributed by atoms with van der Waals surface area (Å²) in [5.41, 5.74) is 0.264. The van der Waals surface area contributed by atoms with E-state index in [9.17, 15) is 5.11 Å². The first-order valence-corrected chi connectivity index (χ1v) is 5.23. The van der Waals surface area contributed by atoms with Gasteiger partial charge in [0, 0.05) is 16.5 Å². The molecular weight excluding hydrogens is 240 g/mol. The lowest BCUT2D eigenvalue weighted by molar-refractivity contribution is 0.0862. The van der Waals surface area contributed by atoms with E-state index >= 15 is 0 Å². The minimum absolute atomic E-state index is 0.489. The Kier molecular flexibility index (Phi) is 3.74. The highest BCUT2D eigenvalue weighted by atomic mass is 79.9. The van der Waals surface area contributed by atoms with Crippen LogP contribution in [-0.4, -0.2) is 10.7 Å². The van der Waals surface area contributed by atoms with E-state index in [0.29, 0.717) is 6.42 Å². The summed E-state index contributed by atoms with van der Waals surface area (Å²) in [6, 6.07) is 7.80. The van der Waals surface area contributed by atoms with E-state index in [0.717, 1.165) is 10.0 Å². The molecule has 0 fully saturated rings. The van der Waals surface area contributed by atoms with E-state index in [1.165, 1.54) is 0 Å². The van der Waals surface area contributed by atoms with Crippen molar-refractivity contribution in [2.45, 2.75) is 25.9 Å². The van der Waals surface area contributed by atoms with E-state index in [2.05, 4.69) is 27.8 Å². The Morgan fingerprint density at radius 2 is 1.86 bits per heavy atom. The van der Waals surface area contributed by atoms with Gasteiger partial charge in [0.25, 0.3) is 0 Å². The summed E-state index contributed by atoms with van der Waals surface area (Å²) in [5, 5.41) is 9.43. The lowest BCUT2D eigenvalue weighted by Crippen LogP contribution is -2.16. The average molecular weight is 253 g/mol. The smallest absolute Gasteiger partial charge is 0.0700 e. The molecule has 0 aromatic heterocycles. The number of hydrogen-bond acceptors (Lipinski definition) is 1. The van der Waals surface area contributed by atoms with Gasteiger partial charge in [-0.1, -0.05) is 27.8 Å². The lowest BCUT2D eigenvalue weighted by Gasteiger charge is -2.11. The van der Waals surface area contributed by atoms with Crippen molar-refractivity contribution in [1.29, 1.82) is 0 Å². The maximum absolute atomic E-state index is 9.43. The Balaban J connectivity index is 2.64. The first-order valence-electron chi connectivity index (χ1n) is 4.44. The molecule has 0 spiro atoms. The van der Waals surface area contributed by atoms with Gasteiger partial charge in [-0.15, -0.1) is 0 Å². The van der Waals surface area contributed by atoms with Gasteiger partial charge in [0.05, 0.1) is 5.60 Å². The molecule has 1 aromatic rings. The summed E-state index contributed by atoms with van der Waals surface area (Å²) < 4.78 is 1.05. The predicted octanol–water partition coefficient (Wildman–Crippen LogP) is 2.96. The molecule has 0 saturated heterocycles. The van der Waals surface area contributed by atoms with Crippen LogP contribution in [0.1, 0.15) is 25.8 Å². The van der Waals surface area contributed by atoms with Crippen molar-refractivity contribution in [3.8, 4) is 11.8 Å². The van der Waals surface area contributed by atoms with Crippen molar-refractivity contribution in [3.05, 3.63) is 34.3 Å². The summed E-state index contributed by atoms with van der Waals surface area (Å²) in [4.78, 5) is 0. The van der Waals surface area contributed by atoms with Crippen LogP contribution in [0.5, 0.6) is 0 Å². The monoisotopic (exact) mass is 252 g/mol. The Morgan fingerprint density at radius 3 is 2.36 bits per heavy atom. The van der Waals surface area contributed by atoms with E-state index in [4.69, 9.17) is 0 Å². The lowest BCUT2D eigenvalue weighted by atomic mass is 10.1. The molecule has 14 heavy (non-hydrogen) atoms. The molecule has 0 bridgehead atoms. The van der Waals surface area contributed by atoms with Crippen molar-refractivity contribution in [3.63, 3.8) is 0 Å². The minimum Gasteiger partial charge on any atom is -0.389 e. The highest BCUT2D eigenvalue weighted by molar-refractivity contribution is 9.10. The number of rotatable bonds is 1.